The van der Waals surface area contributed by atoms with Crippen molar-refractivity contribution in [3.8, 4) is 16.5 Å². The number of nitrogens with zero attached hydrogens (tertiary/aromatic N) is 1. The summed E-state index contributed by atoms with van der Waals surface area (Å²) in [7, 11) is 1.54. The number of anilines is 1. The number of carbonyl (C=O) groups excluding carboxylic acids is 1. The van der Waals surface area contributed by atoms with E-state index in [-0.39, 0.29) is 12.3 Å². The minimum Gasteiger partial charge on any atom is -0.495 e. The fraction of sp³-hybridized carbons (Fsp3) is 0.176. The van der Waals surface area contributed by atoms with Crippen molar-refractivity contribution in [2.75, 3.05) is 12.4 Å². The Balaban J connectivity index is 1.69. The maximum Gasteiger partial charge on any atom is 0.230 e. The van der Waals surface area contributed by atoms with Crippen molar-refractivity contribution in [3.63, 3.8) is 0 Å². The van der Waals surface area contributed by atoms with Crippen LogP contribution in [0.3, 0.4) is 0 Å². The number of hydrogen-bond donors (Lipinski definition) is 1. The highest BCUT2D eigenvalue weighted by Crippen LogP contribution is 2.28. The summed E-state index contributed by atoms with van der Waals surface area (Å²) >= 11 is 7.41. The molecule has 124 valence electrons. The summed E-state index contributed by atoms with van der Waals surface area (Å²) < 4.78 is 10.8. The molecule has 3 aromatic rings. The van der Waals surface area contributed by atoms with Gasteiger partial charge in [-0.15, -0.1) is 11.3 Å². The number of halogens is 1. The number of benzene rings is 1. The molecule has 0 atom stereocenters. The van der Waals surface area contributed by atoms with Crippen LogP contribution >= 0.6 is 22.9 Å². The van der Waals surface area contributed by atoms with E-state index in [0.717, 1.165) is 10.8 Å². The summed E-state index contributed by atoms with van der Waals surface area (Å²) in [5, 5.41) is 5.93. The Hall–Kier alpha value is -2.31. The first-order chi connectivity index (χ1) is 11.5. The molecule has 0 radical (unpaired) electrons. The number of carbonyl (C=O) groups is 1. The first-order valence-corrected chi connectivity index (χ1v) is 8.45. The smallest absolute Gasteiger partial charge is 0.230 e. The lowest BCUT2D eigenvalue weighted by Gasteiger charge is -2.09. The van der Waals surface area contributed by atoms with Gasteiger partial charge in [-0.1, -0.05) is 11.6 Å². The Morgan fingerprint density at radius 3 is 2.92 bits per heavy atom. The summed E-state index contributed by atoms with van der Waals surface area (Å²) in [4.78, 5) is 16.7. The molecule has 0 saturated heterocycles. The molecule has 1 amide bonds. The van der Waals surface area contributed by atoms with Gasteiger partial charge in [0.2, 0.25) is 5.91 Å². The molecule has 0 saturated carbocycles. The van der Waals surface area contributed by atoms with Gasteiger partial charge in [-0.3, -0.25) is 4.79 Å². The van der Waals surface area contributed by atoms with Crippen LogP contribution in [-0.4, -0.2) is 18.0 Å². The maximum absolute atomic E-state index is 12.2. The second-order valence-corrected chi connectivity index (χ2v) is 6.42. The molecule has 0 bridgehead atoms. The van der Waals surface area contributed by atoms with Crippen LogP contribution in [0, 0.1) is 6.92 Å². The molecular formula is C17H15ClN2O3S. The Kier molecular flexibility index (Phi) is 4.87. The van der Waals surface area contributed by atoms with E-state index >= 15 is 0 Å². The molecule has 0 fully saturated rings. The normalized spacial score (nSPS) is 10.6. The predicted octanol–water partition coefficient (Wildman–Crippen LogP) is 4.55. The van der Waals surface area contributed by atoms with E-state index in [1.165, 1.54) is 18.4 Å². The highest BCUT2D eigenvalue weighted by atomic mass is 35.5. The van der Waals surface area contributed by atoms with Crippen molar-refractivity contribution in [1.29, 1.82) is 0 Å². The van der Waals surface area contributed by atoms with Crippen molar-refractivity contribution in [1.82, 2.24) is 4.98 Å². The van der Waals surface area contributed by atoms with Gasteiger partial charge in [0.15, 0.2) is 10.8 Å². The second kappa shape index (κ2) is 7.07. The molecule has 0 aliphatic rings. The van der Waals surface area contributed by atoms with E-state index < -0.39 is 0 Å². The number of aryl methyl sites for hydroxylation is 1. The third-order valence-electron chi connectivity index (χ3n) is 3.28. The number of thiazole rings is 1. The fourth-order valence-electron chi connectivity index (χ4n) is 2.19. The summed E-state index contributed by atoms with van der Waals surface area (Å²) in [6, 6.07) is 8.81. The van der Waals surface area contributed by atoms with E-state index in [2.05, 4.69) is 10.3 Å². The van der Waals surface area contributed by atoms with Crippen LogP contribution in [0.4, 0.5) is 5.69 Å². The number of aromatic nitrogens is 1. The maximum atomic E-state index is 12.2. The Bertz CT molecular complexity index is 872. The largest absolute Gasteiger partial charge is 0.495 e. The van der Waals surface area contributed by atoms with Gasteiger partial charge >= 0.3 is 0 Å². The van der Waals surface area contributed by atoms with Crippen molar-refractivity contribution < 1.29 is 13.9 Å². The molecule has 5 nitrogen and oxygen atoms in total. The minimum atomic E-state index is -0.192. The molecular weight excluding hydrogens is 348 g/mol. The monoisotopic (exact) mass is 362 g/mol. The predicted molar refractivity (Wildman–Crippen MR) is 94.9 cm³/mol. The molecule has 1 N–H and O–H groups in total. The van der Waals surface area contributed by atoms with E-state index in [1.54, 1.807) is 18.2 Å². The molecule has 24 heavy (non-hydrogen) atoms. The topological polar surface area (TPSA) is 64.4 Å². The number of nitrogens with one attached hydrogen (secondary N) is 1. The second-order valence-electron chi connectivity index (χ2n) is 5.12. The lowest BCUT2D eigenvalue weighted by atomic mass is 10.2. The minimum absolute atomic E-state index is 0.159. The van der Waals surface area contributed by atoms with Crippen LogP contribution in [0.2, 0.25) is 5.02 Å². The van der Waals surface area contributed by atoms with E-state index in [4.69, 9.17) is 20.8 Å². The van der Waals surface area contributed by atoms with Crippen molar-refractivity contribution in [3.05, 3.63) is 52.2 Å². The zero-order valence-electron chi connectivity index (χ0n) is 13.1. The quantitative estimate of drug-likeness (QED) is 0.722. The lowest BCUT2D eigenvalue weighted by Crippen LogP contribution is -2.15. The Labute approximate surface area is 148 Å². The van der Waals surface area contributed by atoms with Crippen LogP contribution in [0.1, 0.15) is 11.5 Å². The summed E-state index contributed by atoms with van der Waals surface area (Å²) in [5.74, 6) is 1.90. The van der Waals surface area contributed by atoms with E-state index in [0.29, 0.717) is 27.9 Å². The van der Waals surface area contributed by atoms with Gasteiger partial charge in [0, 0.05) is 10.4 Å². The fourth-order valence-corrected chi connectivity index (χ4v) is 3.14. The number of furan rings is 1. The van der Waals surface area contributed by atoms with Crippen LogP contribution < -0.4 is 10.1 Å². The average Bonchev–Trinajstić information content (AvgIpc) is 3.16. The molecule has 0 aliphatic carbocycles. The molecule has 0 aliphatic heterocycles. The van der Waals surface area contributed by atoms with Crippen molar-refractivity contribution >= 4 is 34.5 Å². The highest BCUT2D eigenvalue weighted by molar-refractivity contribution is 7.13. The molecule has 1 aromatic carbocycles. The van der Waals surface area contributed by atoms with Crippen LogP contribution in [0.15, 0.2) is 40.1 Å². The van der Waals surface area contributed by atoms with Crippen LogP contribution in [0.5, 0.6) is 5.75 Å². The Morgan fingerprint density at radius 1 is 1.38 bits per heavy atom. The number of ether oxygens (including phenoxy) is 1. The zero-order valence-corrected chi connectivity index (χ0v) is 14.7. The van der Waals surface area contributed by atoms with Gasteiger partial charge in [-0.2, -0.15) is 0 Å². The van der Waals surface area contributed by atoms with Gasteiger partial charge in [-0.05, 0) is 37.3 Å². The van der Waals surface area contributed by atoms with Gasteiger partial charge in [-0.25, -0.2) is 4.98 Å². The Morgan fingerprint density at radius 2 is 2.21 bits per heavy atom. The highest BCUT2D eigenvalue weighted by Gasteiger charge is 2.13. The molecule has 0 spiro atoms. The van der Waals surface area contributed by atoms with E-state index in [9.17, 15) is 4.79 Å². The summed E-state index contributed by atoms with van der Waals surface area (Å²) in [6.07, 6.45) is 0.159. The third kappa shape index (κ3) is 3.77. The molecule has 2 heterocycles. The lowest BCUT2D eigenvalue weighted by molar-refractivity contribution is -0.115. The van der Waals surface area contributed by atoms with Crippen LogP contribution in [0.25, 0.3) is 10.8 Å². The molecule has 2 aromatic heterocycles. The number of rotatable bonds is 5. The van der Waals surface area contributed by atoms with Gasteiger partial charge in [0.05, 0.1) is 24.9 Å². The number of hydrogen-bond acceptors (Lipinski definition) is 5. The van der Waals surface area contributed by atoms with Gasteiger partial charge in [0.1, 0.15) is 11.5 Å². The molecule has 3 rings (SSSR count). The third-order valence-corrected chi connectivity index (χ3v) is 4.42. The van der Waals surface area contributed by atoms with Crippen molar-refractivity contribution in [2.24, 2.45) is 0 Å². The van der Waals surface area contributed by atoms with Gasteiger partial charge < -0.3 is 14.5 Å². The average molecular weight is 363 g/mol. The first-order valence-electron chi connectivity index (χ1n) is 7.20. The van der Waals surface area contributed by atoms with E-state index in [1.807, 2.05) is 24.4 Å². The van der Waals surface area contributed by atoms with Crippen LogP contribution in [-0.2, 0) is 11.2 Å². The van der Waals surface area contributed by atoms with Crippen molar-refractivity contribution in [2.45, 2.75) is 13.3 Å². The SMILES string of the molecule is COc1ccc(Cl)cc1NC(=O)Cc1csc(-c2ccc(C)o2)n1. The number of methoxy groups -OCH3 is 1. The first kappa shape index (κ1) is 16.5. The number of amides is 1. The summed E-state index contributed by atoms with van der Waals surface area (Å²) in [6.45, 7) is 1.88. The summed E-state index contributed by atoms with van der Waals surface area (Å²) in [5.41, 5.74) is 1.22. The molecule has 0 unspecified atom stereocenters. The zero-order chi connectivity index (χ0) is 17.1. The van der Waals surface area contributed by atoms with Gasteiger partial charge in [0.25, 0.3) is 0 Å². The standard InChI is InChI=1S/C17H15ClN2O3S/c1-10-3-5-15(23-10)17-19-12(9-24-17)8-16(21)20-13-7-11(18)4-6-14(13)22-2/h3-7,9H,8H2,1-2H3,(H,20,21). The molecule has 7 heteroatoms.